The monoisotopic (exact) mass is 267 g/mol. The summed E-state index contributed by atoms with van der Waals surface area (Å²) in [7, 11) is 1.47. The van der Waals surface area contributed by atoms with Gasteiger partial charge in [-0.2, -0.15) is 0 Å². The molecule has 0 atom stereocenters. The highest BCUT2D eigenvalue weighted by Gasteiger charge is 2.16. The Bertz CT molecular complexity index is 462. The van der Waals surface area contributed by atoms with E-state index in [1.54, 1.807) is 12.1 Å². The molecule has 0 heterocycles. The first-order valence-corrected chi connectivity index (χ1v) is 5.90. The van der Waals surface area contributed by atoms with Gasteiger partial charge in [0.2, 0.25) is 0 Å². The number of nitrogens with zero attached hydrogens (tertiary/aromatic N) is 1. The third kappa shape index (κ3) is 4.55. The highest BCUT2D eigenvalue weighted by atomic mass is 16.6. The predicted octanol–water partition coefficient (Wildman–Crippen LogP) is 0.829. The smallest absolute Gasteiger partial charge is 0.310 e. The lowest BCUT2D eigenvalue weighted by Crippen LogP contribution is -2.25. The number of nitro benzene ring substituents is 1. The third-order valence-corrected chi connectivity index (χ3v) is 2.44. The maximum absolute atomic E-state index is 11.1. The molecule has 0 fully saturated rings. The van der Waals surface area contributed by atoms with Crippen LogP contribution in [0, 0.1) is 10.1 Å². The van der Waals surface area contributed by atoms with Crippen molar-refractivity contribution in [1.82, 2.24) is 10.6 Å². The number of rotatable bonds is 7. The lowest BCUT2D eigenvalue weighted by Gasteiger charge is -2.08. The minimum absolute atomic E-state index is 0.101. The molecule has 7 heteroatoms. The molecule has 0 aliphatic heterocycles. The van der Waals surface area contributed by atoms with E-state index in [4.69, 9.17) is 4.74 Å². The number of nitrogens with one attached hydrogen (secondary N) is 2. The van der Waals surface area contributed by atoms with Crippen molar-refractivity contribution in [2.24, 2.45) is 0 Å². The SMILES string of the molecule is CCNCc1ccc([N+](=O)[O-])c(OCC(=O)NC)c1. The zero-order valence-electron chi connectivity index (χ0n) is 10.9. The summed E-state index contributed by atoms with van der Waals surface area (Å²) in [5, 5.41) is 16.4. The second-order valence-corrected chi connectivity index (χ2v) is 3.80. The van der Waals surface area contributed by atoms with Gasteiger partial charge in [0.25, 0.3) is 5.91 Å². The van der Waals surface area contributed by atoms with Gasteiger partial charge in [0.05, 0.1) is 4.92 Å². The van der Waals surface area contributed by atoms with Crippen molar-refractivity contribution in [3.63, 3.8) is 0 Å². The molecule has 0 saturated carbocycles. The number of ether oxygens (including phenoxy) is 1. The molecule has 2 N–H and O–H groups in total. The van der Waals surface area contributed by atoms with Crippen LogP contribution in [-0.4, -0.2) is 31.0 Å². The van der Waals surface area contributed by atoms with Crippen molar-refractivity contribution in [3.8, 4) is 5.75 Å². The molecule has 0 aromatic heterocycles. The highest BCUT2D eigenvalue weighted by molar-refractivity contribution is 5.77. The van der Waals surface area contributed by atoms with E-state index in [1.165, 1.54) is 13.1 Å². The molecule has 7 nitrogen and oxygen atoms in total. The van der Waals surface area contributed by atoms with Crippen LogP contribution >= 0.6 is 0 Å². The number of hydrogen-bond acceptors (Lipinski definition) is 5. The van der Waals surface area contributed by atoms with E-state index >= 15 is 0 Å². The van der Waals surface area contributed by atoms with Crippen molar-refractivity contribution in [1.29, 1.82) is 0 Å². The minimum atomic E-state index is -0.532. The van der Waals surface area contributed by atoms with Crippen molar-refractivity contribution in [2.75, 3.05) is 20.2 Å². The zero-order chi connectivity index (χ0) is 14.3. The van der Waals surface area contributed by atoms with Crippen molar-refractivity contribution in [3.05, 3.63) is 33.9 Å². The van der Waals surface area contributed by atoms with Crippen LogP contribution in [0.1, 0.15) is 12.5 Å². The summed E-state index contributed by atoms with van der Waals surface area (Å²) in [4.78, 5) is 21.4. The van der Waals surface area contributed by atoms with E-state index < -0.39 is 4.92 Å². The summed E-state index contributed by atoms with van der Waals surface area (Å²) >= 11 is 0. The number of benzene rings is 1. The number of hydrogen-bond donors (Lipinski definition) is 2. The van der Waals surface area contributed by atoms with E-state index in [0.29, 0.717) is 6.54 Å². The molecule has 0 unspecified atom stereocenters. The van der Waals surface area contributed by atoms with Crippen molar-refractivity contribution < 1.29 is 14.5 Å². The average molecular weight is 267 g/mol. The number of likely N-dealkylation sites (N-methyl/N-ethyl adjacent to an activating group) is 1. The second-order valence-electron chi connectivity index (χ2n) is 3.80. The van der Waals surface area contributed by atoms with E-state index in [2.05, 4.69) is 10.6 Å². The van der Waals surface area contributed by atoms with Gasteiger partial charge in [-0.25, -0.2) is 0 Å². The Labute approximate surface area is 111 Å². The van der Waals surface area contributed by atoms with Crippen molar-refractivity contribution in [2.45, 2.75) is 13.5 Å². The molecule has 0 radical (unpaired) electrons. The molecule has 19 heavy (non-hydrogen) atoms. The first kappa shape index (κ1) is 14.9. The Morgan fingerprint density at radius 3 is 2.79 bits per heavy atom. The van der Waals surface area contributed by atoms with Gasteiger partial charge in [-0.3, -0.25) is 14.9 Å². The molecule has 0 aliphatic rings. The quantitative estimate of drug-likeness (QED) is 0.563. The lowest BCUT2D eigenvalue weighted by molar-refractivity contribution is -0.385. The highest BCUT2D eigenvalue weighted by Crippen LogP contribution is 2.27. The fourth-order valence-electron chi connectivity index (χ4n) is 1.42. The molecule has 0 bridgehead atoms. The topological polar surface area (TPSA) is 93.5 Å². The minimum Gasteiger partial charge on any atom is -0.477 e. The summed E-state index contributed by atoms with van der Waals surface area (Å²) in [6.07, 6.45) is 0. The molecule has 1 aromatic rings. The van der Waals surface area contributed by atoms with Crippen LogP contribution in [0.2, 0.25) is 0 Å². The Morgan fingerprint density at radius 2 is 2.21 bits per heavy atom. The van der Waals surface area contributed by atoms with Crippen LogP contribution in [0.15, 0.2) is 18.2 Å². The van der Waals surface area contributed by atoms with E-state index in [1.807, 2.05) is 6.92 Å². The Kier molecular flexibility index (Phi) is 5.74. The maximum atomic E-state index is 11.1. The van der Waals surface area contributed by atoms with Crippen LogP contribution in [0.3, 0.4) is 0 Å². The van der Waals surface area contributed by atoms with Crippen LogP contribution < -0.4 is 15.4 Å². The zero-order valence-corrected chi connectivity index (χ0v) is 10.9. The second kappa shape index (κ2) is 7.32. The summed E-state index contributed by atoms with van der Waals surface area (Å²) in [5.41, 5.74) is 0.712. The van der Waals surface area contributed by atoms with Crippen molar-refractivity contribution >= 4 is 11.6 Å². The number of carbonyl (C=O) groups is 1. The van der Waals surface area contributed by atoms with Crippen LogP contribution in [0.5, 0.6) is 5.75 Å². The molecule has 1 amide bonds. The molecule has 1 rings (SSSR count). The normalized spacial score (nSPS) is 10.0. The van der Waals surface area contributed by atoms with Crippen LogP contribution in [-0.2, 0) is 11.3 Å². The fourth-order valence-corrected chi connectivity index (χ4v) is 1.42. The summed E-state index contributed by atoms with van der Waals surface area (Å²) < 4.78 is 5.19. The molecule has 1 aromatic carbocycles. The third-order valence-electron chi connectivity index (χ3n) is 2.44. The molecular formula is C12H17N3O4. The number of amides is 1. The molecular weight excluding hydrogens is 250 g/mol. The molecule has 0 spiro atoms. The van der Waals surface area contributed by atoms with Crippen LogP contribution in [0.4, 0.5) is 5.69 Å². The van der Waals surface area contributed by atoms with Gasteiger partial charge < -0.3 is 15.4 Å². The Hall–Kier alpha value is -2.15. The first-order chi connectivity index (χ1) is 9.08. The van der Waals surface area contributed by atoms with Crippen LogP contribution in [0.25, 0.3) is 0 Å². The fraction of sp³-hybridized carbons (Fsp3) is 0.417. The van der Waals surface area contributed by atoms with Gasteiger partial charge in [0, 0.05) is 19.7 Å². The maximum Gasteiger partial charge on any atom is 0.310 e. The average Bonchev–Trinajstić information content (AvgIpc) is 2.42. The van der Waals surface area contributed by atoms with Gasteiger partial charge >= 0.3 is 5.69 Å². The van der Waals surface area contributed by atoms with E-state index in [0.717, 1.165) is 12.1 Å². The molecule has 0 saturated heterocycles. The van der Waals surface area contributed by atoms with Gasteiger partial charge in [-0.15, -0.1) is 0 Å². The first-order valence-electron chi connectivity index (χ1n) is 5.90. The van der Waals surface area contributed by atoms with E-state index in [9.17, 15) is 14.9 Å². The van der Waals surface area contributed by atoms with E-state index in [-0.39, 0.29) is 24.0 Å². The Balaban J connectivity index is 2.88. The number of nitro groups is 1. The largest absolute Gasteiger partial charge is 0.477 e. The predicted molar refractivity (Wildman–Crippen MR) is 70.0 cm³/mol. The van der Waals surface area contributed by atoms with Gasteiger partial charge in [0.1, 0.15) is 0 Å². The van der Waals surface area contributed by atoms with Gasteiger partial charge in [0.15, 0.2) is 12.4 Å². The Morgan fingerprint density at radius 1 is 1.47 bits per heavy atom. The molecule has 0 aliphatic carbocycles. The van der Waals surface area contributed by atoms with Gasteiger partial charge in [-0.05, 0) is 18.2 Å². The van der Waals surface area contributed by atoms with Gasteiger partial charge in [-0.1, -0.05) is 13.0 Å². The summed E-state index contributed by atoms with van der Waals surface area (Å²) in [6, 6.07) is 4.61. The summed E-state index contributed by atoms with van der Waals surface area (Å²) in [6.45, 7) is 3.10. The summed E-state index contributed by atoms with van der Waals surface area (Å²) in [5.74, 6) is -0.240. The standard InChI is InChI=1S/C12H17N3O4/c1-3-14-7-9-4-5-10(15(17)18)11(6-9)19-8-12(16)13-2/h4-6,14H,3,7-8H2,1-2H3,(H,13,16). The molecule has 104 valence electrons. The lowest BCUT2D eigenvalue weighted by atomic mass is 10.2. The number of carbonyl (C=O) groups excluding carboxylic acids is 1.